The van der Waals surface area contributed by atoms with Gasteiger partial charge >= 0.3 is 16.5 Å². The highest BCUT2D eigenvalue weighted by Crippen LogP contribution is 2.35. The second-order valence-electron chi connectivity index (χ2n) is 23.9. The molecule has 44 heteroatoms. The van der Waals surface area contributed by atoms with E-state index in [0.717, 1.165) is 43.8 Å². The molecule has 0 spiro atoms. The highest BCUT2D eigenvalue weighted by molar-refractivity contribution is 7.79. The number of nitrogen functional groups attached to an aromatic ring is 1. The van der Waals surface area contributed by atoms with Gasteiger partial charge in [0.25, 0.3) is 5.91 Å². The first-order valence-corrected chi connectivity index (χ1v) is 34.5. The van der Waals surface area contributed by atoms with Crippen molar-refractivity contribution in [2.45, 2.75) is 189 Å². The molecule has 0 radical (unpaired) electrons. The predicted molar refractivity (Wildman–Crippen MR) is 354 cm³/mol. The van der Waals surface area contributed by atoms with Crippen LogP contribution in [0.3, 0.4) is 0 Å². The number of allylic oxidation sites excluding steroid dienone is 1. The van der Waals surface area contributed by atoms with Crippen molar-refractivity contribution in [3.63, 3.8) is 0 Å². The number of carbonyl (C=O) groups is 8. The van der Waals surface area contributed by atoms with E-state index in [-0.39, 0.29) is 48.2 Å². The number of hydrogen-bond acceptors (Lipinski definition) is 33. The van der Waals surface area contributed by atoms with Crippen LogP contribution in [0.15, 0.2) is 35.4 Å². The number of thiazole rings is 2. The second kappa shape index (κ2) is 39.2. The Morgan fingerprint density at radius 1 is 0.794 bits per heavy atom. The summed E-state index contributed by atoms with van der Waals surface area (Å²) in [6.45, 7) is 8.54. The fraction of sp³-hybridized carbons (Fsp3) is 0.603. The molecule has 6 heterocycles. The molecule has 102 heavy (non-hydrogen) atoms. The van der Waals surface area contributed by atoms with Gasteiger partial charge in [-0.15, -0.1) is 29.3 Å². The van der Waals surface area contributed by atoms with Crippen molar-refractivity contribution < 1.29 is 120 Å². The molecule has 0 bridgehead atoms. The van der Waals surface area contributed by atoms with E-state index < -0.39 is 193 Å². The van der Waals surface area contributed by atoms with E-state index in [1.54, 1.807) is 10.8 Å². The van der Waals surface area contributed by atoms with Gasteiger partial charge in [0.05, 0.1) is 72.7 Å². The number of carbonyl (C=O) groups excluding carboxylic acids is 8. The molecular weight excluding hydrogens is 1420 g/mol. The fourth-order valence-electron chi connectivity index (χ4n) is 10.2. The van der Waals surface area contributed by atoms with Crippen molar-refractivity contribution in [2.24, 2.45) is 28.9 Å². The summed E-state index contributed by atoms with van der Waals surface area (Å²) in [5, 5.41) is 105. The molecule has 7 amide bonds. The van der Waals surface area contributed by atoms with Gasteiger partial charge in [0.1, 0.15) is 94.6 Å². The number of amides is 7. The Balaban J connectivity index is 0.00000361. The molecule has 12 unspecified atom stereocenters. The number of aromatic amines is 1. The Hall–Kier alpha value is -7.84. The summed E-state index contributed by atoms with van der Waals surface area (Å²) < 4.78 is 60.3. The first kappa shape index (κ1) is 84.8. The zero-order valence-corrected chi connectivity index (χ0v) is 58.2. The molecule has 0 saturated carbocycles. The standard InChI is InChI=1S/C58H86N16O21S2.H2O4S/c1-22(2)10-8-7-9-11-32(78)30-19-97-55(70-30)31-20-96-36(69-31)12-13-65-52(87)38(26(6)77)72-51(86)24(4)40(80)25(5)68-54(89)39(73-53(88)37-23(3)48(61)74-50(71-37)28(14-35(60)79)66-15-27(59)49(62)85)45(29-16-64-21-67-29)93-57-47(43(83)41(81)33(17-75)92-57)94-56-44(84)46(95-58(63)90)42(82)34(18-76)91-56;1-5(2,3)4/h16,19-21,24-28,33-34,38-47,56-57,66,75-77,80-84H,1,7-15,17-18,59H2,2-6H3,(H2,60,79)(H2,62,85)(H2,63,90)(H,64,67)(H,65,87)(H,68,89)(H,72,86)(H,73,88)(H2,61,71,74);(H2,1,2,3,4)/t24?,25?,26?,27?,28?,33-,34-,38?,39?,40?,41+,42-,43?,44?,45?,46+,47-,56?,57-;/m1./s1. The Kier molecular flexibility index (Phi) is 32.6. The molecule has 4 aromatic heterocycles. The van der Waals surface area contributed by atoms with Crippen LogP contribution in [0.1, 0.15) is 121 Å². The number of anilines is 1. The van der Waals surface area contributed by atoms with E-state index >= 15 is 4.79 Å². The summed E-state index contributed by atoms with van der Waals surface area (Å²) in [6, 6.07) is -7.84. The summed E-state index contributed by atoms with van der Waals surface area (Å²) in [7, 11) is -4.67. The molecule has 4 aromatic rings. The zero-order chi connectivity index (χ0) is 76.2. The minimum atomic E-state index is -4.67. The number of Topliss-reactive ketones (excluding diaryl/α,β-unsaturated/α-hetero) is 1. The number of nitrogens with two attached hydrogens (primary N) is 5. The average Bonchev–Trinajstić information content (AvgIpc) is 0.944. The van der Waals surface area contributed by atoms with Gasteiger partial charge in [-0.1, -0.05) is 18.9 Å². The number of aliphatic hydroxyl groups is 8. The molecule has 41 nitrogen and oxygen atoms in total. The van der Waals surface area contributed by atoms with Gasteiger partial charge < -0.3 is 125 Å². The van der Waals surface area contributed by atoms with Gasteiger partial charge in [-0.25, -0.2) is 29.7 Å². The SMILES string of the molecule is C=C(C)CCCCCC(=O)c1csc(-c2csc(CCNC(=O)C(NC(=O)C(C)C(O)C(C)NC(=O)C(NC(=O)c3nc(C(CC(N)=O)NCC(N)C(N)=O)nc(N)c3C)C(O[C@H]3O[C@H](CO)[C@H](O)C(O)[C@H]3OC3O[C@H](CO)[C@@H](O)[C@H](OC(N)=O)C3O)c3cnc[nH]3)C(C)O)n2)n1.O=S(=O)(O)O. The lowest BCUT2D eigenvalue weighted by atomic mass is 9.96. The first-order valence-electron chi connectivity index (χ1n) is 31.4. The molecule has 2 aliphatic heterocycles. The van der Waals surface area contributed by atoms with Crippen molar-refractivity contribution >= 4 is 86.2 Å². The zero-order valence-electron chi connectivity index (χ0n) is 55.7. The molecule has 0 aliphatic carbocycles. The summed E-state index contributed by atoms with van der Waals surface area (Å²) in [4.78, 5) is 131. The smallest absolute Gasteiger partial charge is 0.404 e. The van der Waals surface area contributed by atoms with Crippen molar-refractivity contribution in [1.82, 2.24) is 56.5 Å². The van der Waals surface area contributed by atoms with Crippen LogP contribution in [0.5, 0.6) is 0 Å². The number of unbranched alkanes of at least 4 members (excludes halogenated alkanes) is 2. The Labute approximate surface area is 590 Å². The molecule has 19 atom stereocenters. The summed E-state index contributed by atoms with van der Waals surface area (Å²) in [5.41, 5.74) is 29.3. The van der Waals surface area contributed by atoms with Crippen LogP contribution < -0.4 is 55.3 Å². The van der Waals surface area contributed by atoms with Gasteiger partial charge in [-0.3, -0.25) is 42.7 Å². The van der Waals surface area contributed by atoms with Crippen LogP contribution in [-0.4, -0.2) is 260 Å². The second-order valence-corrected chi connectivity index (χ2v) is 26.6. The molecule has 0 aromatic carbocycles. The van der Waals surface area contributed by atoms with Crippen LogP contribution in [0.25, 0.3) is 10.7 Å². The largest absolute Gasteiger partial charge is 0.441 e. The van der Waals surface area contributed by atoms with Gasteiger partial charge in [0, 0.05) is 48.7 Å². The fourth-order valence-corrected chi connectivity index (χ4v) is 11.8. The molecule has 2 saturated heterocycles. The summed E-state index contributed by atoms with van der Waals surface area (Å²) in [5.74, 6) is -8.44. The molecule has 2 fully saturated rings. The van der Waals surface area contributed by atoms with Crippen molar-refractivity contribution in [3.8, 4) is 10.7 Å². The van der Waals surface area contributed by atoms with E-state index in [1.165, 1.54) is 50.4 Å². The maximum Gasteiger partial charge on any atom is 0.404 e. The predicted octanol–water partition coefficient (Wildman–Crippen LogP) is -5.64. The number of ether oxygens (including phenoxy) is 5. The van der Waals surface area contributed by atoms with Gasteiger partial charge in [0.15, 0.2) is 24.5 Å². The first-order chi connectivity index (χ1) is 47.8. The summed E-state index contributed by atoms with van der Waals surface area (Å²) >= 11 is 2.56. The quantitative estimate of drug-likeness (QED) is 0.00866. The van der Waals surface area contributed by atoms with Crippen LogP contribution in [0, 0.1) is 12.8 Å². The number of imidazole rings is 1. The molecule has 6 rings (SSSR count). The van der Waals surface area contributed by atoms with Crippen LogP contribution in [-0.2, 0) is 64.5 Å². The lowest BCUT2D eigenvalue weighted by Crippen LogP contribution is -2.65. The lowest BCUT2D eigenvalue weighted by molar-refractivity contribution is -0.372. The molecule has 568 valence electrons. The minimum absolute atomic E-state index is 0.000509. The van der Waals surface area contributed by atoms with E-state index in [4.69, 9.17) is 69.9 Å². The Bertz CT molecular complexity index is 3600. The maximum atomic E-state index is 15.2. The third-order valence-electron chi connectivity index (χ3n) is 15.8. The number of ketones is 1. The number of nitrogens with one attached hydrogen (secondary N) is 6. The van der Waals surface area contributed by atoms with E-state index in [0.29, 0.717) is 27.8 Å². The maximum absolute atomic E-state index is 15.2. The third-order valence-corrected chi connectivity index (χ3v) is 17.6. The van der Waals surface area contributed by atoms with Crippen molar-refractivity contribution in [1.29, 1.82) is 0 Å². The van der Waals surface area contributed by atoms with Crippen LogP contribution in [0.4, 0.5) is 10.6 Å². The number of aromatic nitrogens is 6. The van der Waals surface area contributed by atoms with Gasteiger partial charge in [-0.05, 0) is 47.0 Å². The average molecular weight is 1510 g/mol. The normalized spacial score (nSPS) is 23.2. The lowest BCUT2D eigenvalue weighted by Gasteiger charge is -2.47. The van der Waals surface area contributed by atoms with Gasteiger partial charge in [-0.2, -0.15) is 8.42 Å². The number of aliphatic hydroxyl groups excluding tert-OH is 8. The number of primary amides is 3. The van der Waals surface area contributed by atoms with Crippen LogP contribution >= 0.6 is 22.7 Å². The van der Waals surface area contributed by atoms with Crippen molar-refractivity contribution in [2.75, 3.05) is 32.0 Å². The molecular formula is C58H88N16O25S3. The Morgan fingerprint density at radius 2 is 1.44 bits per heavy atom. The third kappa shape index (κ3) is 24.7. The summed E-state index contributed by atoms with van der Waals surface area (Å²) in [6.07, 6.45) is -21.2. The van der Waals surface area contributed by atoms with Crippen LogP contribution in [0.2, 0.25) is 0 Å². The Morgan fingerprint density at radius 3 is 2.04 bits per heavy atom. The molecule has 2 aliphatic rings. The van der Waals surface area contributed by atoms with Gasteiger partial charge in [0.2, 0.25) is 29.5 Å². The number of hydrogen-bond donors (Lipinski definition) is 21. The number of rotatable bonds is 37. The van der Waals surface area contributed by atoms with E-state index in [2.05, 4.69) is 63.1 Å². The topological polar surface area (TPSA) is 690 Å². The van der Waals surface area contributed by atoms with E-state index in [1.807, 2.05) is 6.92 Å². The monoisotopic (exact) mass is 1500 g/mol. The van der Waals surface area contributed by atoms with E-state index in [9.17, 15) is 74.4 Å². The number of H-pyrrole nitrogens is 1. The number of nitrogens with zero attached hydrogens (tertiary/aromatic N) is 5. The van der Waals surface area contributed by atoms with Crippen molar-refractivity contribution in [3.05, 3.63) is 68.9 Å². The highest BCUT2D eigenvalue weighted by Gasteiger charge is 2.54. The minimum Gasteiger partial charge on any atom is -0.441 e. The molecule has 26 N–H and O–H groups in total. The highest BCUT2D eigenvalue weighted by atomic mass is 32.3.